The normalized spacial score (nSPS) is 13.4. The quantitative estimate of drug-likeness (QED) is 0.240. The lowest BCUT2D eigenvalue weighted by Gasteiger charge is -2.29. The molecule has 5 aromatic rings. The molecule has 41 heavy (non-hydrogen) atoms. The van der Waals surface area contributed by atoms with E-state index >= 15 is 0 Å². The van der Waals surface area contributed by atoms with Gasteiger partial charge in [0.2, 0.25) is 0 Å². The highest BCUT2D eigenvalue weighted by Gasteiger charge is 2.18. The van der Waals surface area contributed by atoms with Crippen molar-refractivity contribution < 1.29 is 13.9 Å². The number of hydrogen-bond acceptors (Lipinski definition) is 8. The van der Waals surface area contributed by atoms with E-state index in [-0.39, 0.29) is 12.1 Å². The number of ether oxygens (including phenoxy) is 1. The van der Waals surface area contributed by atoms with E-state index in [0.717, 1.165) is 71.2 Å². The molecular weight excluding hydrogens is 523 g/mol. The Morgan fingerprint density at radius 1 is 1.07 bits per heavy atom. The van der Waals surface area contributed by atoms with E-state index in [2.05, 4.69) is 31.8 Å². The maximum absolute atomic E-state index is 13.7. The van der Waals surface area contributed by atoms with E-state index in [4.69, 9.17) is 20.4 Å². The van der Waals surface area contributed by atoms with Gasteiger partial charge in [-0.1, -0.05) is 24.3 Å². The molecule has 4 heterocycles. The SMILES string of the molecule is COc1ccc(F)cc1C(=O)NCc1ccc(-c2ncc(-c3ccc(N4CCNCC4)cn3)c3[nH]nc(N)c23)cc1. The first-order chi connectivity index (χ1) is 20.0. The van der Waals surface area contributed by atoms with Gasteiger partial charge < -0.3 is 26.0 Å². The van der Waals surface area contributed by atoms with Crippen LogP contribution in [0.25, 0.3) is 33.4 Å². The lowest BCUT2D eigenvalue weighted by molar-refractivity contribution is 0.0947. The molecule has 1 aliphatic rings. The number of pyridine rings is 2. The van der Waals surface area contributed by atoms with Crippen molar-refractivity contribution >= 4 is 28.3 Å². The number of nitrogens with one attached hydrogen (secondary N) is 3. The van der Waals surface area contributed by atoms with Crippen LogP contribution < -0.4 is 26.0 Å². The van der Waals surface area contributed by atoms with Crippen molar-refractivity contribution in [3.8, 4) is 28.3 Å². The van der Waals surface area contributed by atoms with Crippen LogP contribution in [0.15, 0.2) is 67.0 Å². The van der Waals surface area contributed by atoms with Gasteiger partial charge in [0.25, 0.3) is 5.91 Å². The molecule has 0 radical (unpaired) electrons. The number of fused-ring (bicyclic) bond motifs is 1. The Kier molecular flexibility index (Phi) is 7.17. The number of piperazine rings is 1. The average molecular weight is 553 g/mol. The van der Waals surface area contributed by atoms with Crippen molar-refractivity contribution in [2.45, 2.75) is 6.54 Å². The minimum atomic E-state index is -0.508. The number of benzene rings is 2. The van der Waals surface area contributed by atoms with Crippen LogP contribution in [0, 0.1) is 5.82 Å². The molecule has 5 N–H and O–H groups in total. The van der Waals surface area contributed by atoms with Crippen molar-refractivity contribution in [3.63, 3.8) is 0 Å². The molecule has 1 fully saturated rings. The first-order valence-corrected chi connectivity index (χ1v) is 13.3. The molecule has 3 aromatic heterocycles. The average Bonchev–Trinajstić information content (AvgIpc) is 3.41. The number of carbonyl (C=O) groups excluding carboxylic acids is 1. The molecule has 0 aliphatic carbocycles. The van der Waals surface area contributed by atoms with Crippen LogP contribution in [-0.4, -0.2) is 59.4 Å². The number of amides is 1. The number of aromatic amines is 1. The van der Waals surface area contributed by atoms with E-state index < -0.39 is 11.7 Å². The zero-order valence-electron chi connectivity index (χ0n) is 22.4. The van der Waals surface area contributed by atoms with Gasteiger partial charge in [-0.3, -0.25) is 19.9 Å². The predicted molar refractivity (Wildman–Crippen MR) is 156 cm³/mol. The van der Waals surface area contributed by atoms with E-state index in [1.54, 1.807) is 6.20 Å². The van der Waals surface area contributed by atoms with Gasteiger partial charge in [0.15, 0.2) is 5.82 Å². The summed E-state index contributed by atoms with van der Waals surface area (Å²) in [6.07, 6.45) is 3.67. The van der Waals surface area contributed by atoms with Gasteiger partial charge in [-0.25, -0.2) is 4.39 Å². The maximum Gasteiger partial charge on any atom is 0.255 e. The summed E-state index contributed by atoms with van der Waals surface area (Å²) in [4.78, 5) is 24.4. The number of rotatable bonds is 7. The summed E-state index contributed by atoms with van der Waals surface area (Å²) < 4.78 is 18.9. The summed E-state index contributed by atoms with van der Waals surface area (Å²) in [6, 6.07) is 15.5. The number of methoxy groups -OCH3 is 1. The Morgan fingerprint density at radius 2 is 1.88 bits per heavy atom. The number of nitrogen functional groups attached to an aromatic ring is 1. The molecular formula is C30H29FN8O2. The summed E-state index contributed by atoms with van der Waals surface area (Å²) in [5, 5.41) is 14.2. The van der Waals surface area contributed by atoms with E-state index in [0.29, 0.717) is 17.3 Å². The van der Waals surface area contributed by atoms with Gasteiger partial charge in [-0.2, -0.15) is 5.10 Å². The summed E-state index contributed by atoms with van der Waals surface area (Å²) in [6.45, 7) is 4.07. The molecule has 1 amide bonds. The topological polar surface area (TPSA) is 134 Å². The van der Waals surface area contributed by atoms with Crippen molar-refractivity contribution in [1.82, 2.24) is 30.8 Å². The Labute approximate surface area is 235 Å². The Morgan fingerprint density at radius 3 is 2.61 bits per heavy atom. The third-order valence-corrected chi connectivity index (χ3v) is 7.22. The van der Waals surface area contributed by atoms with E-state index in [1.165, 1.54) is 19.2 Å². The van der Waals surface area contributed by atoms with Crippen molar-refractivity contribution in [3.05, 3.63) is 83.9 Å². The lowest BCUT2D eigenvalue weighted by atomic mass is 10.0. The third kappa shape index (κ3) is 5.27. The number of H-pyrrole nitrogens is 1. The second-order valence-electron chi connectivity index (χ2n) is 9.74. The van der Waals surface area contributed by atoms with Crippen LogP contribution in [-0.2, 0) is 6.54 Å². The second-order valence-corrected chi connectivity index (χ2v) is 9.74. The Balaban J connectivity index is 1.22. The fourth-order valence-corrected chi connectivity index (χ4v) is 5.03. The minimum absolute atomic E-state index is 0.138. The third-order valence-electron chi connectivity index (χ3n) is 7.22. The number of carbonyl (C=O) groups is 1. The summed E-state index contributed by atoms with van der Waals surface area (Å²) >= 11 is 0. The largest absolute Gasteiger partial charge is 0.496 e. The zero-order chi connectivity index (χ0) is 28.3. The summed E-state index contributed by atoms with van der Waals surface area (Å²) in [7, 11) is 1.44. The first kappa shape index (κ1) is 26.2. The van der Waals surface area contributed by atoms with Gasteiger partial charge in [0, 0.05) is 50.0 Å². The fourth-order valence-electron chi connectivity index (χ4n) is 5.03. The van der Waals surface area contributed by atoms with Crippen LogP contribution >= 0.6 is 0 Å². The number of nitrogens with zero attached hydrogens (tertiary/aromatic N) is 4. The molecule has 0 atom stereocenters. The van der Waals surface area contributed by atoms with Crippen LogP contribution in [0.5, 0.6) is 5.75 Å². The molecule has 1 aliphatic heterocycles. The number of nitrogens with two attached hydrogens (primary N) is 1. The summed E-state index contributed by atoms with van der Waals surface area (Å²) in [5.41, 5.74) is 12.3. The van der Waals surface area contributed by atoms with Gasteiger partial charge >= 0.3 is 0 Å². The highest BCUT2D eigenvalue weighted by atomic mass is 19.1. The molecule has 0 spiro atoms. The summed E-state index contributed by atoms with van der Waals surface area (Å²) in [5.74, 6) is -0.278. The Bertz CT molecular complexity index is 1700. The van der Waals surface area contributed by atoms with Crippen molar-refractivity contribution in [2.24, 2.45) is 0 Å². The number of hydrogen-bond donors (Lipinski definition) is 4. The van der Waals surface area contributed by atoms with Crippen LogP contribution in [0.3, 0.4) is 0 Å². The highest BCUT2D eigenvalue weighted by Crippen LogP contribution is 2.35. The molecule has 1 saturated heterocycles. The van der Waals surface area contributed by atoms with Crippen molar-refractivity contribution in [1.29, 1.82) is 0 Å². The number of halogens is 1. The molecule has 6 rings (SSSR count). The minimum Gasteiger partial charge on any atom is -0.496 e. The van der Waals surface area contributed by atoms with Crippen LogP contribution in [0.4, 0.5) is 15.9 Å². The highest BCUT2D eigenvalue weighted by molar-refractivity contribution is 6.05. The predicted octanol–water partition coefficient (Wildman–Crippen LogP) is 3.76. The molecule has 208 valence electrons. The Hall–Kier alpha value is -5.03. The standard InChI is InChI=1S/C30H29FN8O2/c1-41-25-9-6-20(31)14-22(25)30(40)36-15-18-2-4-19(5-3-18)27-26-28(37-38-29(26)32)23(17-35-27)24-8-7-21(16-34-24)39-12-10-33-11-13-39/h2-9,14,16-17,33H,10-13,15H2,1H3,(H,36,40)(H3,32,37,38). The molecule has 0 saturated carbocycles. The van der Waals surface area contributed by atoms with Gasteiger partial charge in [-0.05, 0) is 35.9 Å². The molecule has 2 aromatic carbocycles. The molecule has 0 unspecified atom stereocenters. The van der Waals surface area contributed by atoms with Crippen LogP contribution in [0.1, 0.15) is 15.9 Å². The molecule has 11 heteroatoms. The first-order valence-electron chi connectivity index (χ1n) is 13.3. The van der Waals surface area contributed by atoms with Gasteiger partial charge in [0.05, 0.1) is 46.8 Å². The monoisotopic (exact) mass is 552 g/mol. The zero-order valence-corrected chi connectivity index (χ0v) is 22.4. The van der Waals surface area contributed by atoms with E-state index in [9.17, 15) is 9.18 Å². The van der Waals surface area contributed by atoms with E-state index in [1.807, 2.05) is 36.5 Å². The molecule has 0 bridgehead atoms. The molecule has 10 nitrogen and oxygen atoms in total. The van der Waals surface area contributed by atoms with Gasteiger partial charge in [-0.15, -0.1) is 0 Å². The maximum atomic E-state index is 13.7. The lowest BCUT2D eigenvalue weighted by Crippen LogP contribution is -2.43. The second kappa shape index (κ2) is 11.2. The van der Waals surface area contributed by atoms with Crippen LogP contribution in [0.2, 0.25) is 0 Å². The number of anilines is 2. The fraction of sp³-hybridized carbons (Fsp3) is 0.200. The smallest absolute Gasteiger partial charge is 0.255 e. The number of aromatic nitrogens is 4. The van der Waals surface area contributed by atoms with Gasteiger partial charge in [0.1, 0.15) is 11.6 Å². The van der Waals surface area contributed by atoms with Crippen molar-refractivity contribution in [2.75, 3.05) is 43.9 Å².